The van der Waals surface area contributed by atoms with Crippen LogP contribution in [0.2, 0.25) is 0 Å². The van der Waals surface area contributed by atoms with Gasteiger partial charge in [0.25, 0.3) is 5.56 Å². The van der Waals surface area contributed by atoms with E-state index in [2.05, 4.69) is 20.5 Å². The van der Waals surface area contributed by atoms with Gasteiger partial charge in [-0.2, -0.15) is 23.5 Å². The maximum absolute atomic E-state index is 13.1. The van der Waals surface area contributed by atoms with Crippen molar-refractivity contribution in [2.24, 2.45) is 5.10 Å². The molecule has 9 heteroatoms. The lowest BCUT2D eigenvalue weighted by molar-refractivity contribution is -0.137. The number of nitriles is 1. The Balaban J connectivity index is 1.65. The van der Waals surface area contributed by atoms with E-state index in [-0.39, 0.29) is 17.2 Å². The second-order valence-electron chi connectivity index (χ2n) is 7.15. The molecule has 0 fully saturated rings. The molecule has 168 valence electrons. The van der Waals surface area contributed by atoms with Gasteiger partial charge < -0.3 is 0 Å². The fourth-order valence-corrected chi connectivity index (χ4v) is 3.33. The number of aromatic amines is 1. The van der Waals surface area contributed by atoms with Crippen LogP contribution >= 0.6 is 0 Å². The third kappa shape index (κ3) is 4.86. The van der Waals surface area contributed by atoms with Crippen LogP contribution in [0.5, 0.6) is 0 Å². The van der Waals surface area contributed by atoms with Crippen LogP contribution in [-0.2, 0) is 6.18 Å². The largest absolute Gasteiger partial charge is 0.416 e. The average molecular weight is 459 g/mol. The van der Waals surface area contributed by atoms with Crippen molar-refractivity contribution in [1.29, 1.82) is 5.26 Å². The summed E-state index contributed by atoms with van der Waals surface area (Å²) in [6, 6.07) is 22.5. The Hall–Kier alpha value is -4.71. The van der Waals surface area contributed by atoms with Gasteiger partial charge in [0.05, 0.1) is 17.5 Å². The number of halogens is 3. The lowest BCUT2D eigenvalue weighted by Crippen LogP contribution is -2.16. The molecule has 0 radical (unpaired) electrons. The summed E-state index contributed by atoms with van der Waals surface area (Å²) in [5.74, 6) is 0.00986. The second-order valence-corrected chi connectivity index (χ2v) is 7.15. The van der Waals surface area contributed by atoms with E-state index in [4.69, 9.17) is 0 Å². The Kier molecular flexibility index (Phi) is 6.23. The van der Waals surface area contributed by atoms with Gasteiger partial charge in [-0.15, -0.1) is 0 Å². The SMILES string of the molecule is N#Cc1c(-c2ccccc2)nc(NN=Cc2ccccc2-c2cccc(C(F)(F)F)c2)[nH]c1=O. The van der Waals surface area contributed by atoms with E-state index in [1.165, 1.54) is 12.3 Å². The third-order valence-corrected chi connectivity index (χ3v) is 4.91. The topological polar surface area (TPSA) is 93.9 Å². The van der Waals surface area contributed by atoms with Gasteiger partial charge >= 0.3 is 6.18 Å². The summed E-state index contributed by atoms with van der Waals surface area (Å²) in [5, 5.41) is 13.4. The molecule has 4 aromatic rings. The zero-order chi connectivity index (χ0) is 24.1. The molecule has 0 saturated carbocycles. The molecule has 1 aromatic heterocycles. The number of hydrogen-bond acceptors (Lipinski definition) is 5. The van der Waals surface area contributed by atoms with Crippen LogP contribution in [0.25, 0.3) is 22.4 Å². The minimum Gasteiger partial charge on any atom is -0.290 e. The first-order valence-corrected chi connectivity index (χ1v) is 10.0. The number of H-pyrrole nitrogens is 1. The third-order valence-electron chi connectivity index (χ3n) is 4.91. The highest BCUT2D eigenvalue weighted by Crippen LogP contribution is 2.32. The van der Waals surface area contributed by atoms with E-state index in [1.807, 2.05) is 6.07 Å². The standard InChI is InChI=1S/C25H16F3N5O/c26-25(27,28)19-11-6-10-17(13-19)20-12-5-4-9-18(20)15-30-33-24-31-22(16-7-2-1-3-8-16)21(14-29)23(34)32-24/h1-13,15H,(H2,31,32,33,34). The first-order valence-electron chi connectivity index (χ1n) is 10.0. The quantitative estimate of drug-likeness (QED) is 0.307. The minimum atomic E-state index is -4.45. The maximum Gasteiger partial charge on any atom is 0.416 e. The van der Waals surface area contributed by atoms with Crippen molar-refractivity contribution in [1.82, 2.24) is 9.97 Å². The van der Waals surface area contributed by atoms with Gasteiger partial charge in [0.2, 0.25) is 5.95 Å². The van der Waals surface area contributed by atoms with Crippen molar-refractivity contribution in [3.05, 3.63) is 106 Å². The second kappa shape index (κ2) is 9.42. The molecule has 0 atom stereocenters. The molecular weight excluding hydrogens is 443 g/mol. The van der Waals surface area contributed by atoms with E-state index in [0.717, 1.165) is 12.1 Å². The van der Waals surface area contributed by atoms with Crippen molar-refractivity contribution < 1.29 is 13.2 Å². The monoisotopic (exact) mass is 459 g/mol. The van der Waals surface area contributed by atoms with Crippen molar-refractivity contribution in [3.63, 3.8) is 0 Å². The molecule has 0 spiro atoms. The number of alkyl halides is 3. The molecule has 2 N–H and O–H groups in total. The van der Waals surface area contributed by atoms with Crippen LogP contribution in [0, 0.1) is 11.3 Å². The number of anilines is 1. The highest BCUT2D eigenvalue weighted by Gasteiger charge is 2.30. The highest BCUT2D eigenvalue weighted by atomic mass is 19.4. The number of aromatic nitrogens is 2. The summed E-state index contributed by atoms with van der Waals surface area (Å²) in [6.07, 6.45) is -3.04. The Morgan fingerprint density at radius 2 is 1.68 bits per heavy atom. The zero-order valence-corrected chi connectivity index (χ0v) is 17.5. The number of benzene rings is 3. The molecule has 0 unspecified atom stereocenters. The molecular formula is C25H16F3N5O. The van der Waals surface area contributed by atoms with E-state index >= 15 is 0 Å². The van der Waals surface area contributed by atoms with Crippen molar-refractivity contribution in [2.75, 3.05) is 5.43 Å². The predicted molar refractivity (Wildman–Crippen MR) is 123 cm³/mol. The molecule has 0 aliphatic heterocycles. The van der Waals surface area contributed by atoms with E-state index in [9.17, 15) is 23.2 Å². The fourth-order valence-electron chi connectivity index (χ4n) is 3.33. The molecule has 0 amide bonds. The summed E-state index contributed by atoms with van der Waals surface area (Å²) in [7, 11) is 0. The Labute approximate surface area is 192 Å². The smallest absolute Gasteiger partial charge is 0.290 e. The molecule has 4 rings (SSSR count). The lowest BCUT2D eigenvalue weighted by atomic mass is 9.98. The Bertz CT molecular complexity index is 1450. The number of nitrogens with one attached hydrogen (secondary N) is 2. The summed E-state index contributed by atoms with van der Waals surface area (Å²) in [4.78, 5) is 19.1. The summed E-state index contributed by atoms with van der Waals surface area (Å²) in [5.41, 5.74) is 3.39. The van der Waals surface area contributed by atoms with Gasteiger partial charge in [-0.25, -0.2) is 10.4 Å². The maximum atomic E-state index is 13.1. The molecule has 0 aliphatic rings. The first-order chi connectivity index (χ1) is 16.4. The van der Waals surface area contributed by atoms with Crippen LogP contribution in [0.15, 0.2) is 88.8 Å². The van der Waals surface area contributed by atoms with Crippen molar-refractivity contribution >= 4 is 12.2 Å². The highest BCUT2D eigenvalue weighted by molar-refractivity contribution is 5.90. The van der Waals surface area contributed by atoms with Crippen LogP contribution in [-0.4, -0.2) is 16.2 Å². The molecule has 34 heavy (non-hydrogen) atoms. The molecule has 3 aromatic carbocycles. The zero-order valence-electron chi connectivity index (χ0n) is 17.5. The van der Waals surface area contributed by atoms with Crippen molar-refractivity contribution in [3.8, 4) is 28.5 Å². The molecule has 6 nitrogen and oxygen atoms in total. The molecule has 0 bridgehead atoms. The van der Waals surface area contributed by atoms with E-state index in [1.54, 1.807) is 60.7 Å². The van der Waals surface area contributed by atoms with Crippen LogP contribution in [0.3, 0.4) is 0 Å². The van der Waals surface area contributed by atoms with E-state index < -0.39 is 17.3 Å². The fraction of sp³-hybridized carbons (Fsp3) is 0.0400. The lowest BCUT2D eigenvalue weighted by Gasteiger charge is -2.10. The molecule has 0 aliphatic carbocycles. The van der Waals surface area contributed by atoms with Crippen molar-refractivity contribution in [2.45, 2.75) is 6.18 Å². The van der Waals surface area contributed by atoms with Crippen LogP contribution in [0.1, 0.15) is 16.7 Å². The summed E-state index contributed by atoms with van der Waals surface area (Å²) < 4.78 is 39.4. The number of hydrazone groups is 1. The van der Waals surface area contributed by atoms with Gasteiger partial charge in [0.15, 0.2) is 0 Å². The van der Waals surface area contributed by atoms with Gasteiger partial charge in [0.1, 0.15) is 11.6 Å². The average Bonchev–Trinajstić information content (AvgIpc) is 2.84. The first kappa shape index (κ1) is 22.5. The summed E-state index contributed by atoms with van der Waals surface area (Å²) in [6.45, 7) is 0. The van der Waals surface area contributed by atoms with Gasteiger partial charge in [-0.3, -0.25) is 9.78 Å². The number of nitrogens with zero attached hydrogens (tertiary/aromatic N) is 3. The molecule has 1 heterocycles. The normalized spacial score (nSPS) is 11.4. The summed E-state index contributed by atoms with van der Waals surface area (Å²) >= 11 is 0. The number of hydrogen-bond donors (Lipinski definition) is 2. The van der Waals surface area contributed by atoms with E-state index in [0.29, 0.717) is 22.3 Å². The van der Waals surface area contributed by atoms with Gasteiger partial charge in [-0.1, -0.05) is 66.7 Å². The van der Waals surface area contributed by atoms with Crippen LogP contribution < -0.4 is 11.0 Å². The molecule has 0 saturated heterocycles. The number of rotatable bonds is 5. The predicted octanol–water partition coefficient (Wildman–Crippen LogP) is 5.44. The Morgan fingerprint density at radius 3 is 2.41 bits per heavy atom. The van der Waals surface area contributed by atoms with Gasteiger partial charge in [0, 0.05) is 11.1 Å². The van der Waals surface area contributed by atoms with Gasteiger partial charge in [-0.05, 0) is 23.3 Å². The minimum absolute atomic E-state index is 0.00986. The van der Waals surface area contributed by atoms with Crippen LogP contribution in [0.4, 0.5) is 19.1 Å². The Morgan fingerprint density at radius 1 is 0.971 bits per heavy atom.